The molecule has 1 fully saturated rings. The Morgan fingerprint density at radius 2 is 0.805 bits per heavy atom. The Balaban J connectivity index is -0.000000333. The van der Waals surface area contributed by atoms with Gasteiger partial charge in [0.25, 0.3) is 17.1 Å². The van der Waals surface area contributed by atoms with Gasteiger partial charge in [-0.05, 0) is 205 Å². The van der Waals surface area contributed by atoms with E-state index in [-0.39, 0.29) is 91.3 Å². The van der Waals surface area contributed by atoms with Crippen LogP contribution in [0.4, 0.5) is 26.7 Å². The number of aliphatic hydroxyl groups excluding tert-OH is 1. The Labute approximate surface area is 806 Å². The molecule has 1 aliphatic rings. The standard InChI is InChI=1S/C17H20N4O4.C12H12N4O2.C11H16BrN3O2.C6H6BNO4.C6H6BrN5.C6H8BrN3.C6H7BrN2O.C4H2BrIN2.C4H8O.C2H4O.C2H6.6CH4/c1-11(20-16(22)25-17(2,3)4)15-18-9-13(10-19-15)12-6-5-7-14(8-12)21(23)24;1-8(13)12-14-6-10(7-15-12)9-3-2-4-11(5-9)16(17)18;1-7(9-13-5-8(12)6-14-9)15-10(16)17-11(2,3)4;9-7(10)5-2-1-3-6(4-5)8(11)12;1-4(11-12-8)6-9-2-5(7)3-10-6;1-4(8)6-9-2-5(7)3-10-6;1-4(10)6-8-2-5(7)3-9-6;5-3-1-7-4(6)8-2-3;1-2-4-5-3-1;1-2-3;1-2;;;;;;/h5-11H,1-4H3,(H,20,22);2-8H,13H2,1H3;5-7H,1-4H3,(H,15,16);1-4,9-10H;2-4H,1H3;2-4H,8H2,1H3;2-4,10H,1H3;1-2H;1-4H2;2H,1H3;1-2H3;6*1H4/i;;;;;;;;;;1D;;;;;;. The lowest BCUT2D eigenvalue weighted by atomic mass is 9.80. The predicted molar refractivity (Wildman–Crippen MR) is 525 cm³/mol. The van der Waals surface area contributed by atoms with Gasteiger partial charge in [0.1, 0.15) is 52.7 Å². The number of ether oxygens (including phenoxy) is 3. The van der Waals surface area contributed by atoms with Crippen molar-refractivity contribution in [3.63, 3.8) is 0 Å². The molecule has 1 saturated heterocycles. The lowest BCUT2D eigenvalue weighted by Crippen LogP contribution is -2.34. The third kappa shape index (κ3) is 57.0. The second-order valence-electron chi connectivity index (χ2n) is 26.1. The zero-order valence-corrected chi connectivity index (χ0v) is 78.9. The topological polar surface area (TPSA) is 574 Å². The van der Waals surface area contributed by atoms with Crippen LogP contribution in [-0.4, -0.2) is 150 Å². The van der Waals surface area contributed by atoms with Crippen LogP contribution in [0.15, 0.2) is 187 Å². The molecule has 702 valence electrons. The number of non-ortho nitro benzene ring substituents is 3. The fourth-order valence-corrected chi connectivity index (χ4v) is 9.35. The third-order valence-electron chi connectivity index (χ3n) is 13.5. The van der Waals surface area contributed by atoms with Crippen molar-refractivity contribution in [3.05, 3.63) is 261 Å². The number of benzene rings is 3. The summed E-state index contributed by atoms with van der Waals surface area (Å²) in [5.74, 6) is 3.14. The van der Waals surface area contributed by atoms with Crippen molar-refractivity contribution in [2.45, 2.75) is 209 Å². The van der Waals surface area contributed by atoms with Crippen molar-refractivity contribution < 1.29 is 59.9 Å². The van der Waals surface area contributed by atoms with Crippen LogP contribution in [0.2, 0.25) is 0 Å². The molecule has 0 spiro atoms. The van der Waals surface area contributed by atoms with Crippen molar-refractivity contribution in [3.8, 4) is 22.3 Å². The van der Waals surface area contributed by atoms with Gasteiger partial charge in [0, 0.05) is 176 Å². The summed E-state index contributed by atoms with van der Waals surface area (Å²) in [6.07, 6.45) is 24.6. The molecule has 1 aliphatic heterocycles. The Bertz CT molecular complexity index is 4750. The van der Waals surface area contributed by atoms with Crippen LogP contribution in [0.5, 0.6) is 0 Å². The number of nitro benzene ring substituents is 3. The molecule has 11 rings (SSSR count). The number of nitrogens with zero attached hydrogens (tertiary/aromatic N) is 20. The molecule has 128 heavy (non-hydrogen) atoms. The number of azide groups is 1. The Kier molecular flexibility index (Phi) is 69.0. The quantitative estimate of drug-likeness (QED) is 0.00577. The van der Waals surface area contributed by atoms with Crippen LogP contribution in [0.25, 0.3) is 32.7 Å². The predicted octanol–water partition coefficient (Wildman–Crippen LogP) is 20.7. The number of nitrogens with one attached hydrogen (secondary N) is 2. The number of nitro groups is 3. The summed E-state index contributed by atoms with van der Waals surface area (Å²) in [7, 11) is -1.66. The van der Waals surface area contributed by atoms with Crippen LogP contribution >= 0.6 is 102 Å². The zero-order valence-electron chi connectivity index (χ0n) is 69.8. The molecular weight excluding hydrogens is 2100 g/mol. The summed E-state index contributed by atoms with van der Waals surface area (Å²) >= 11 is 18.1. The number of hydrogen-bond donors (Lipinski definition) is 7. The number of aromatic nitrogens is 14. The molecule has 0 aliphatic carbocycles. The van der Waals surface area contributed by atoms with Crippen LogP contribution < -0.4 is 27.6 Å². The van der Waals surface area contributed by atoms with E-state index in [0.29, 0.717) is 58.5 Å². The number of nitrogens with two attached hydrogens (primary N) is 2. The van der Waals surface area contributed by atoms with E-state index in [2.05, 4.69) is 193 Å². The second kappa shape index (κ2) is 69.9. The number of hydrogen-bond acceptors (Lipinski definition) is 32. The van der Waals surface area contributed by atoms with Crippen molar-refractivity contribution >= 4 is 150 Å². The van der Waals surface area contributed by atoms with E-state index < -0.39 is 57.4 Å². The average Bonchev–Trinajstić information content (AvgIpc) is 1.65. The molecule has 2 amide bonds. The van der Waals surface area contributed by atoms with E-state index in [4.69, 9.17) is 52.5 Å². The first kappa shape index (κ1) is 126. The molecule has 7 aromatic heterocycles. The largest absolute Gasteiger partial charge is 0.488 e. The first-order valence-electron chi connectivity index (χ1n) is 36.8. The molecule has 46 heteroatoms. The van der Waals surface area contributed by atoms with Gasteiger partial charge in [-0.15, -0.1) is 0 Å². The second-order valence-corrected chi connectivity index (χ2v) is 31.7. The van der Waals surface area contributed by atoms with E-state index in [9.17, 15) is 39.9 Å². The fourth-order valence-electron chi connectivity index (χ4n) is 8.04. The van der Waals surface area contributed by atoms with Crippen LogP contribution in [0.3, 0.4) is 0 Å². The van der Waals surface area contributed by atoms with Gasteiger partial charge in [-0.2, -0.15) is 0 Å². The van der Waals surface area contributed by atoms with Gasteiger partial charge < -0.3 is 56.3 Å². The van der Waals surface area contributed by atoms with Crippen molar-refractivity contribution in [1.82, 2.24) is 80.4 Å². The first-order valence-corrected chi connectivity index (χ1v) is 41.2. The van der Waals surface area contributed by atoms with Crippen molar-refractivity contribution in [2.75, 3.05) is 13.2 Å². The van der Waals surface area contributed by atoms with Gasteiger partial charge in [0.05, 0.1) is 67.3 Å². The lowest BCUT2D eigenvalue weighted by molar-refractivity contribution is -0.385. The van der Waals surface area contributed by atoms with Gasteiger partial charge in [-0.3, -0.25) is 30.3 Å². The Morgan fingerprint density at radius 3 is 1.07 bits per heavy atom. The van der Waals surface area contributed by atoms with Crippen molar-refractivity contribution in [1.29, 1.82) is 0 Å². The van der Waals surface area contributed by atoms with E-state index in [0.717, 1.165) is 57.3 Å². The number of aldehydes is 1. The van der Waals surface area contributed by atoms with E-state index in [1.54, 1.807) is 173 Å². The molecule has 3 aromatic carbocycles. The summed E-state index contributed by atoms with van der Waals surface area (Å²) in [4.78, 5) is 121. The molecular formula is C82H119BBr5IN24O15. The van der Waals surface area contributed by atoms with E-state index in [1.807, 2.05) is 27.7 Å². The fraction of sp³-hybridized carbons (Fsp3) is 0.402. The summed E-state index contributed by atoms with van der Waals surface area (Å²) < 4.78 is 26.5. The maximum Gasteiger partial charge on any atom is 0.488 e. The third-order valence-corrected chi connectivity index (χ3v) is 16.1. The summed E-state index contributed by atoms with van der Waals surface area (Å²) in [5.41, 5.74) is 21.0. The average molecular weight is 2220 g/mol. The molecule has 0 radical (unpaired) electrons. The molecule has 39 nitrogen and oxygen atoms in total. The molecule has 10 aromatic rings. The lowest BCUT2D eigenvalue weighted by Gasteiger charge is -2.21. The first-order chi connectivity index (χ1) is 57.9. The van der Waals surface area contributed by atoms with Gasteiger partial charge in [-0.25, -0.2) is 79.4 Å². The van der Waals surface area contributed by atoms with Crippen molar-refractivity contribution in [2.24, 2.45) is 16.6 Å². The van der Waals surface area contributed by atoms with Gasteiger partial charge in [-0.1, -0.05) is 99.9 Å². The van der Waals surface area contributed by atoms with E-state index >= 15 is 0 Å². The summed E-state index contributed by atoms with van der Waals surface area (Å²) in [5, 5.41) is 66.9. The number of amides is 2. The minimum absolute atomic E-state index is 0. The zero-order chi connectivity index (χ0) is 93.0. The van der Waals surface area contributed by atoms with Gasteiger partial charge >= 0.3 is 19.3 Å². The minimum Gasteiger partial charge on any atom is -0.444 e. The monoisotopic (exact) mass is 2210 g/mol. The van der Waals surface area contributed by atoms with E-state index in [1.165, 1.54) is 62.2 Å². The highest BCUT2D eigenvalue weighted by atomic mass is 127. The number of alkyl carbamates (subject to hydrolysis) is 2. The maximum atomic E-state index is 11.8. The Hall–Kier alpha value is -10.1. The smallest absolute Gasteiger partial charge is 0.444 e. The highest BCUT2D eigenvalue weighted by Crippen LogP contribution is 2.26. The number of halogens is 6. The summed E-state index contributed by atoms with van der Waals surface area (Å²) in [6.45, 7) is 27.1. The van der Waals surface area contributed by atoms with Crippen LogP contribution in [0, 0.1) is 34.2 Å². The SMILES string of the molecule is Brc1cnc(I)nc1.C.C.C.C.C.C.C1CCOC1.CC(N)c1ncc(-c2cccc([N+](=O)[O-])c2)cn1.CC(N)c1ncc(Br)cn1.CC(N=[N+]=[N-])c1ncc(Br)cn1.CC(NC(=O)OC(C)(C)C)c1ncc(-c2cccc([N+](=O)[O-])c2)cn1.CC(NC(=O)OC(C)(C)C)c1ncc(Br)cn1.CC(O)c1ncc(Br)cn1.CC=O.O=[N+]([O-])c1cccc(B(O)O)c1.[2H]CC. The van der Waals surface area contributed by atoms with Crippen LogP contribution in [-0.2, 0) is 19.0 Å². The molecule has 8 heterocycles. The number of carbonyl (C=O) groups is 3. The van der Waals surface area contributed by atoms with Gasteiger partial charge in [0.2, 0.25) is 0 Å². The number of aliphatic hydroxyl groups is 1. The highest BCUT2D eigenvalue weighted by Gasteiger charge is 2.22. The molecule has 6 unspecified atom stereocenters. The van der Waals surface area contributed by atoms with Gasteiger partial charge in [0.15, 0.2) is 9.66 Å². The number of rotatable bonds is 15. The normalized spacial score (nSPS) is 11.6. The maximum absolute atomic E-state index is 11.8. The Morgan fingerprint density at radius 1 is 0.531 bits per heavy atom. The van der Waals surface area contributed by atoms with Crippen LogP contribution in [0.1, 0.15) is 234 Å². The highest BCUT2D eigenvalue weighted by molar-refractivity contribution is 14.1. The molecule has 9 N–H and O–H groups in total. The number of carbonyl (C=O) groups excluding carboxylic acids is 3. The minimum atomic E-state index is -1.66. The molecule has 0 bridgehead atoms. The summed E-state index contributed by atoms with van der Waals surface area (Å²) in [6, 6.07) is 16.4. The molecule has 6 atom stereocenters. The molecule has 0 saturated carbocycles.